The number of rotatable bonds is 3. The Bertz CT molecular complexity index is 1350. The lowest BCUT2D eigenvalue weighted by Crippen LogP contribution is -2.20. The van der Waals surface area contributed by atoms with Crippen molar-refractivity contribution in [1.29, 1.82) is 0 Å². The molecule has 3 heterocycles. The molecule has 0 unspecified atom stereocenters. The van der Waals surface area contributed by atoms with Crippen molar-refractivity contribution in [2.24, 2.45) is 0 Å². The third-order valence-electron chi connectivity index (χ3n) is 4.60. The Morgan fingerprint density at radius 2 is 1.63 bits per heavy atom. The van der Waals surface area contributed by atoms with Crippen molar-refractivity contribution in [1.82, 2.24) is 14.6 Å². The first-order valence-electron chi connectivity index (χ1n) is 8.71. The van der Waals surface area contributed by atoms with Crippen molar-refractivity contribution in [3.8, 4) is 0 Å². The molecule has 2 N–H and O–H groups in total. The molecule has 6 heteroatoms. The highest BCUT2D eigenvalue weighted by molar-refractivity contribution is 6.01. The summed E-state index contributed by atoms with van der Waals surface area (Å²) in [6, 6.07) is 21.1. The molecule has 27 heavy (non-hydrogen) atoms. The van der Waals surface area contributed by atoms with E-state index in [1.165, 1.54) is 4.52 Å². The number of hydrogen-bond acceptors (Lipinski definition) is 4. The first kappa shape index (κ1) is 15.5. The van der Waals surface area contributed by atoms with Gasteiger partial charge >= 0.3 is 0 Å². The monoisotopic (exact) mass is 354 g/mol. The van der Waals surface area contributed by atoms with Crippen molar-refractivity contribution < 1.29 is 4.98 Å². The Labute approximate surface area is 154 Å². The Kier molecular flexibility index (Phi) is 3.53. The van der Waals surface area contributed by atoms with Gasteiger partial charge in [0.2, 0.25) is 0 Å². The van der Waals surface area contributed by atoms with Crippen LogP contribution in [0.5, 0.6) is 0 Å². The molecule has 0 aliphatic heterocycles. The molecule has 3 aromatic heterocycles. The van der Waals surface area contributed by atoms with Crippen molar-refractivity contribution in [3.63, 3.8) is 0 Å². The zero-order valence-corrected chi connectivity index (χ0v) is 14.4. The molecule has 0 aliphatic carbocycles. The molecule has 2 aromatic carbocycles. The maximum absolute atomic E-state index is 13.0. The first-order chi connectivity index (χ1) is 13.3. The van der Waals surface area contributed by atoms with E-state index in [1.54, 1.807) is 6.07 Å². The van der Waals surface area contributed by atoms with E-state index in [1.807, 2.05) is 66.9 Å². The number of aromatic amines is 1. The molecule has 0 saturated carbocycles. The Balaban J connectivity index is 1.76. The minimum Gasteiger partial charge on any atom is -0.358 e. The van der Waals surface area contributed by atoms with Gasteiger partial charge < -0.3 is 5.32 Å². The summed E-state index contributed by atoms with van der Waals surface area (Å²) in [5.74, 6) is 0.648. The van der Waals surface area contributed by atoms with Gasteiger partial charge in [-0.25, -0.2) is 9.97 Å². The summed E-state index contributed by atoms with van der Waals surface area (Å²) >= 11 is 0. The fraction of sp³-hybridized carbons (Fsp3) is 0.0476. The van der Waals surface area contributed by atoms with Crippen LogP contribution in [0.3, 0.4) is 0 Å². The standard InChI is InChI=1S/C21H15N5O/c27-21-17-10-3-4-11-18(17)24-20-16-9-2-1-8-15(16)19(25-26(20)21)23-13-14-7-5-6-12-22-14/h1-12H,13H2,(H,23,25)/p+1. The lowest BCUT2D eigenvalue weighted by atomic mass is 10.1. The molecule has 5 rings (SSSR count). The summed E-state index contributed by atoms with van der Waals surface area (Å²) in [7, 11) is 0. The average Bonchev–Trinajstić information content (AvgIpc) is 2.73. The number of H-pyrrole nitrogens is 1. The van der Waals surface area contributed by atoms with Gasteiger partial charge in [0.05, 0.1) is 10.9 Å². The minimum atomic E-state index is -0.171. The zero-order valence-electron chi connectivity index (χ0n) is 14.4. The molecule has 5 aromatic rings. The summed E-state index contributed by atoms with van der Waals surface area (Å²) in [5, 5.41) is 10.3. The lowest BCUT2D eigenvalue weighted by Gasteiger charge is -2.11. The maximum Gasteiger partial charge on any atom is 0.282 e. The molecule has 6 nitrogen and oxygen atoms in total. The van der Waals surface area contributed by atoms with E-state index >= 15 is 0 Å². The molecule has 0 atom stereocenters. The fourth-order valence-electron chi connectivity index (χ4n) is 3.28. The second-order valence-electron chi connectivity index (χ2n) is 6.31. The number of hydrogen-bond donors (Lipinski definition) is 1. The molecule has 0 amide bonds. The van der Waals surface area contributed by atoms with Gasteiger partial charge in [-0.05, 0) is 12.1 Å². The van der Waals surface area contributed by atoms with Gasteiger partial charge in [0.1, 0.15) is 6.54 Å². The largest absolute Gasteiger partial charge is 0.358 e. The molecular weight excluding hydrogens is 338 g/mol. The smallest absolute Gasteiger partial charge is 0.282 e. The topological polar surface area (TPSA) is 73.4 Å². The molecule has 0 saturated heterocycles. The molecular formula is C21H16N5O+. The van der Waals surface area contributed by atoms with Gasteiger partial charge in [-0.1, -0.05) is 42.5 Å². The Hall–Kier alpha value is -3.80. The molecule has 0 fully saturated rings. The fourth-order valence-corrected chi connectivity index (χ4v) is 3.28. The SMILES string of the molecule is O=c1c2ccccc2nc2c3ccccc3c(NCc3cccc[nH+]3)nn12. The average molecular weight is 354 g/mol. The van der Waals surface area contributed by atoms with E-state index in [4.69, 9.17) is 4.98 Å². The highest BCUT2D eigenvalue weighted by atomic mass is 16.1. The highest BCUT2D eigenvalue weighted by Gasteiger charge is 2.13. The summed E-state index contributed by atoms with van der Waals surface area (Å²) in [4.78, 5) is 20.9. The molecule has 0 spiro atoms. The molecule has 0 radical (unpaired) electrons. The van der Waals surface area contributed by atoms with Crippen molar-refractivity contribution >= 4 is 33.1 Å². The lowest BCUT2D eigenvalue weighted by molar-refractivity contribution is -0.389. The summed E-state index contributed by atoms with van der Waals surface area (Å²) in [5.41, 5.74) is 2.09. The predicted octanol–water partition coefficient (Wildman–Crippen LogP) is 2.82. The number of aromatic nitrogens is 4. The number of benzene rings is 2. The highest BCUT2D eigenvalue weighted by Crippen LogP contribution is 2.24. The predicted molar refractivity (Wildman–Crippen MR) is 105 cm³/mol. The minimum absolute atomic E-state index is 0.171. The van der Waals surface area contributed by atoms with E-state index in [9.17, 15) is 4.79 Å². The van der Waals surface area contributed by atoms with Crippen molar-refractivity contribution in [3.05, 3.63) is 89.0 Å². The van der Waals surface area contributed by atoms with Crippen molar-refractivity contribution in [2.45, 2.75) is 6.54 Å². The first-order valence-corrected chi connectivity index (χ1v) is 8.71. The van der Waals surface area contributed by atoms with E-state index in [0.29, 0.717) is 28.9 Å². The number of pyridine rings is 1. The van der Waals surface area contributed by atoms with Gasteiger partial charge in [-0.3, -0.25) is 4.79 Å². The van der Waals surface area contributed by atoms with E-state index in [-0.39, 0.29) is 5.56 Å². The third kappa shape index (κ3) is 2.58. The maximum atomic E-state index is 13.0. The summed E-state index contributed by atoms with van der Waals surface area (Å²) in [6.45, 7) is 0.569. The van der Waals surface area contributed by atoms with Gasteiger partial charge in [0, 0.05) is 22.9 Å². The number of anilines is 1. The number of para-hydroxylation sites is 1. The van der Waals surface area contributed by atoms with Crippen LogP contribution in [-0.2, 0) is 6.54 Å². The third-order valence-corrected chi connectivity index (χ3v) is 4.60. The molecule has 0 bridgehead atoms. The van der Waals surface area contributed by atoms with Crippen LogP contribution in [0.15, 0.2) is 77.7 Å². The second-order valence-corrected chi connectivity index (χ2v) is 6.31. The van der Waals surface area contributed by atoms with Crippen LogP contribution >= 0.6 is 0 Å². The molecule has 0 aliphatic rings. The van der Waals surface area contributed by atoms with Gasteiger partial charge in [-0.15, -0.1) is 5.10 Å². The van der Waals surface area contributed by atoms with Crippen LogP contribution in [0.25, 0.3) is 27.3 Å². The second kappa shape index (κ2) is 6.17. The normalized spacial score (nSPS) is 11.3. The molecule has 130 valence electrons. The van der Waals surface area contributed by atoms with Crippen LogP contribution in [0.1, 0.15) is 5.69 Å². The number of fused-ring (bicyclic) bond motifs is 4. The van der Waals surface area contributed by atoms with Gasteiger partial charge in [0.15, 0.2) is 23.4 Å². The van der Waals surface area contributed by atoms with Crippen LogP contribution in [0.4, 0.5) is 5.82 Å². The number of nitrogens with one attached hydrogen (secondary N) is 2. The van der Waals surface area contributed by atoms with Crippen molar-refractivity contribution in [2.75, 3.05) is 5.32 Å². The van der Waals surface area contributed by atoms with Crippen LogP contribution in [0.2, 0.25) is 0 Å². The van der Waals surface area contributed by atoms with Gasteiger partial charge in [-0.2, -0.15) is 4.52 Å². The van der Waals surface area contributed by atoms with Crippen LogP contribution < -0.4 is 15.9 Å². The van der Waals surface area contributed by atoms with E-state index < -0.39 is 0 Å². The van der Waals surface area contributed by atoms with Gasteiger partial charge in [0.25, 0.3) is 5.56 Å². The van der Waals surface area contributed by atoms with Crippen LogP contribution in [0, 0.1) is 0 Å². The van der Waals surface area contributed by atoms with E-state index in [2.05, 4.69) is 15.4 Å². The quantitative estimate of drug-likeness (QED) is 0.399. The van der Waals surface area contributed by atoms with Crippen LogP contribution in [-0.4, -0.2) is 14.6 Å². The Morgan fingerprint density at radius 1 is 0.889 bits per heavy atom. The zero-order chi connectivity index (χ0) is 18.2. The summed E-state index contributed by atoms with van der Waals surface area (Å²) in [6.07, 6.45) is 1.88. The van der Waals surface area contributed by atoms with E-state index in [0.717, 1.165) is 16.5 Å². The summed E-state index contributed by atoms with van der Waals surface area (Å²) < 4.78 is 1.39. The number of nitrogens with zero attached hydrogens (tertiary/aromatic N) is 3. The Morgan fingerprint density at radius 3 is 2.44 bits per heavy atom.